The maximum absolute atomic E-state index is 10.7. The zero-order chi connectivity index (χ0) is 12.3. The molecule has 2 rings (SSSR count). The molecule has 1 aliphatic heterocycles. The summed E-state index contributed by atoms with van der Waals surface area (Å²) < 4.78 is 0. The maximum Gasteiger partial charge on any atom is 0.337 e. The van der Waals surface area contributed by atoms with Gasteiger partial charge in [0.1, 0.15) is 5.82 Å². The van der Waals surface area contributed by atoms with Gasteiger partial charge in [-0.15, -0.1) is 0 Å². The fourth-order valence-electron chi connectivity index (χ4n) is 1.75. The van der Waals surface area contributed by atoms with Gasteiger partial charge in [-0.3, -0.25) is 0 Å². The number of aromatic nitrogens is 1. The topological polar surface area (TPSA) is 88.2 Å². The summed E-state index contributed by atoms with van der Waals surface area (Å²) >= 11 is 1.95. The Balaban J connectivity index is 2.08. The molecule has 1 aromatic heterocycles. The lowest BCUT2D eigenvalue weighted by Gasteiger charge is -2.23. The van der Waals surface area contributed by atoms with Crippen LogP contribution in [-0.4, -0.2) is 33.6 Å². The van der Waals surface area contributed by atoms with Crippen molar-refractivity contribution in [3.8, 4) is 0 Å². The summed E-state index contributed by atoms with van der Waals surface area (Å²) in [6.45, 7) is 0. The van der Waals surface area contributed by atoms with E-state index in [1.165, 1.54) is 12.3 Å². The maximum atomic E-state index is 10.7. The van der Waals surface area contributed by atoms with Crippen molar-refractivity contribution < 1.29 is 9.90 Å². The number of nitrogens with two attached hydrogens (primary N) is 1. The molecule has 0 bridgehead atoms. The molecule has 5 nitrogen and oxygen atoms in total. The van der Waals surface area contributed by atoms with Gasteiger partial charge >= 0.3 is 5.97 Å². The van der Waals surface area contributed by atoms with Crippen LogP contribution < -0.4 is 11.1 Å². The fourth-order valence-corrected chi connectivity index (χ4v) is 2.86. The van der Waals surface area contributed by atoms with Crippen LogP contribution in [0.15, 0.2) is 12.3 Å². The lowest BCUT2D eigenvalue weighted by Crippen LogP contribution is -2.25. The minimum absolute atomic E-state index is 0.118. The van der Waals surface area contributed by atoms with Gasteiger partial charge in [-0.2, -0.15) is 11.8 Å². The average Bonchev–Trinajstić information content (AvgIpc) is 2.33. The molecule has 0 atom stereocenters. The Bertz CT molecular complexity index is 419. The molecule has 1 aromatic rings. The van der Waals surface area contributed by atoms with Gasteiger partial charge in [-0.05, 0) is 30.4 Å². The van der Waals surface area contributed by atoms with E-state index in [9.17, 15) is 4.79 Å². The predicted octanol–water partition coefficient (Wildman–Crippen LogP) is 1.67. The van der Waals surface area contributed by atoms with E-state index >= 15 is 0 Å². The Labute approximate surface area is 104 Å². The Hall–Kier alpha value is -1.43. The summed E-state index contributed by atoms with van der Waals surface area (Å²) in [4.78, 5) is 14.8. The SMILES string of the molecule is Nc1cc(C(=O)O)cnc1NC1CCSCC1. The number of carboxylic acids is 1. The van der Waals surface area contributed by atoms with E-state index < -0.39 is 5.97 Å². The largest absolute Gasteiger partial charge is 0.478 e. The molecule has 92 valence electrons. The summed E-state index contributed by atoms with van der Waals surface area (Å²) in [5, 5.41) is 12.1. The van der Waals surface area contributed by atoms with Crippen molar-refractivity contribution >= 4 is 29.2 Å². The molecule has 0 unspecified atom stereocenters. The Morgan fingerprint density at radius 1 is 1.53 bits per heavy atom. The van der Waals surface area contributed by atoms with Crippen molar-refractivity contribution in [3.63, 3.8) is 0 Å². The summed E-state index contributed by atoms with van der Waals surface area (Å²) in [6, 6.07) is 1.83. The van der Waals surface area contributed by atoms with Crippen LogP contribution in [0.3, 0.4) is 0 Å². The number of rotatable bonds is 3. The van der Waals surface area contributed by atoms with Gasteiger partial charge in [0.2, 0.25) is 0 Å². The summed E-state index contributed by atoms with van der Waals surface area (Å²) in [5.74, 6) is 1.87. The molecule has 17 heavy (non-hydrogen) atoms. The molecule has 0 aliphatic carbocycles. The van der Waals surface area contributed by atoms with Crippen LogP contribution in [0.5, 0.6) is 0 Å². The minimum Gasteiger partial charge on any atom is -0.478 e. The third kappa shape index (κ3) is 3.03. The van der Waals surface area contributed by atoms with E-state index in [4.69, 9.17) is 10.8 Å². The molecule has 6 heteroatoms. The van der Waals surface area contributed by atoms with Gasteiger partial charge in [0, 0.05) is 12.2 Å². The number of hydrogen-bond acceptors (Lipinski definition) is 5. The van der Waals surface area contributed by atoms with Crippen LogP contribution >= 0.6 is 11.8 Å². The number of thioether (sulfide) groups is 1. The number of nitrogen functional groups attached to an aromatic ring is 1. The standard InChI is InChI=1S/C11H15N3O2S/c12-9-5-7(11(15)16)6-13-10(9)14-8-1-3-17-4-2-8/h5-6,8H,1-4,12H2,(H,13,14)(H,15,16). The average molecular weight is 253 g/mol. The van der Waals surface area contributed by atoms with E-state index in [1.807, 2.05) is 11.8 Å². The Morgan fingerprint density at radius 3 is 2.82 bits per heavy atom. The van der Waals surface area contributed by atoms with Crippen molar-refractivity contribution in [3.05, 3.63) is 17.8 Å². The Kier molecular flexibility index (Phi) is 3.73. The smallest absolute Gasteiger partial charge is 0.337 e. The Morgan fingerprint density at radius 2 is 2.24 bits per heavy atom. The molecule has 0 amide bonds. The number of nitrogens with zero attached hydrogens (tertiary/aromatic N) is 1. The number of hydrogen-bond donors (Lipinski definition) is 3. The van der Waals surface area contributed by atoms with Crippen LogP contribution in [0, 0.1) is 0 Å². The van der Waals surface area contributed by atoms with E-state index in [0.29, 0.717) is 17.5 Å². The van der Waals surface area contributed by atoms with Crippen molar-refractivity contribution in [1.29, 1.82) is 0 Å². The monoisotopic (exact) mass is 253 g/mol. The first kappa shape index (κ1) is 12.0. The fraction of sp³-hybridized carbons (Fsp3) is 0.455. The molecule has 1 aliphatic rings. The third-order valence-corrected chi connectivity index (χ3v) is 3.78. The van der Waals surface area contributed by atoms with Crippen LogP contribution in [0.2, 0.25) is 0 Å². The molecule has 1 saturated heterocycles. The second-order valence-electron chi connectivity index (χ2n) is 4.00. The minimum atomic E-state index is -1.01. The molecule has 2 heterocycles. The van der Waals surface area contributed by atoms with Gasteiger partial charge in [-0.1, -0.05) is 0 Å². The van der Waals surface area contributed by atoms with Crippen molar-refractivity contribution in [2.75, 3.05) is 22.6 Å². The molecule has 0 radical (unpaired) electrons. The number of carboxylic acid groups (broad SMARTS) is 1. The summed E-state index contributed by atoms with van der Waals surface area (Å²) in [6.07, 6.45) is 3.51. The van der Waals surface area contributed by atoms with Crippen LogP contribution in [0.25, 0.3) is 0 Å². The lowest BCUT2D eigenvalue weighted by atomic mass is 10.1. The molecular formula is C11H15N3O2S. The molecule has 0 saturated carbocycles. The summed E-state index contributed by atoms with van der Waals surface area (Å²) in [7, 11) is 0. The number of anilines is 2. The first-order valence-corrected chi connectivity index (χ1v) is 6.65. The zero-order valence-electron chi connectivity index (χ0n) is 9.35. The molecule has 1 fully saturated rings. The van der Waals surface area contributed by atoms with E-state index in [0.717, 1.165) is 24.3 Å². The van der Waals surface area contributed by atoms with Crippen LogP contribution in [-0.2, 0) is 0 Å². The highest BCUT2D eigenvalue weighted by Gasteiger charge is 2.15. The van der Waals surface area contributed by atoms with E-state index in [1.54, 1.807) is 0 Å². The molecule has 0 spiro atoms. The highest BCUT2D eigenvalue weighted by Crippen LogP contribution is 2.23. The van der Waals surface area contributed by atoms with Crippen molar-refractivity contribution in [2.45, 2.75) is 18.9 Å². The second-order valence-corrected chi connectivity index (χ2v) is 5.22. The zero-order valence-corrected chi connectivity index (χ0v) is 10.2. The number of pyridine rings is 1. The molecule has 4 N–H and O–H groups in total. The second kappa shape index (κ2) is 5.27. The molecular weight excluding hydrogens is 238 g/mol. The van der Waals surface area contributed by atoms with Gasteiger partial charge in [0.05, 0.1) is 11.3 Å². The van der Waals surface area contributed by atoms with Gasteiger partial charge in [0.25, 0.3) is 0 Å². The van der Waals surface area contributed by atoms with Gasteiger partial charge in [-0.25, -0.2) is 9.78 Å². The molecule has 0 aromatic carbocycles. The van der Waals surface area contributed by atoms with E-state index in [2.05, 4.69) is 10.3 Å². The number of nitrogens with one attached hydrogen (secondary N) is 1. The van der Waals surface area contributed by atoms with Crippen LogP contribution in [0.1, 0.15) is 23.2 Å². The highest BCUT2D eigenvalue weighted by molar-refractivity contribution is 7.99. The number of aromatic carboxylic acids is 1. The first-order chi connectivity index (χ1) is 8.16. The van der Waals surface area contributed by atoms with Gasteiger partial charge < -0.3 is 16.2 Å². The summed E-state index contributed by atoms with van der Waals surface area (Å²) in [5.41, 5.74) is 6.29. The third-order valence-electron chi connectivity index (χ3n) is 2.73. The first-order valence-electron chi connectivity index (χ1n) is 5.50. The van der Waals surface area contributed by atoms with Crippen molar-refractivity contribution in [2.24, 2.45) is 0 Å². The number of carbonyl (C=O) groups is 1. The highest BCUT2D eigenvalue weighted by atomic mass is 32.2. The van der Waals surface area contributed by atoms with Crippen molar-refractivity contribution in [1.82, 2.24) is 4.98 Å². The van der Waals surface area contributed by atoms with Crippen LogP contribution in [0.4, 0.5) is 11.5 Å². The predicted molar refractivity (Wildman–Crippen MR) is 69.6 cm³/mol. The normalized spacial score (nSPS) is 16.7. The van der Waals surface area contributed by atoms with E-state index in [-0.39, 0.29) is 5.56 Å². The van der Waals surface area contributed by atoms with Gasteiger partial charge in [0.15, 0.2) is 0 Å². The quantitative estimate of drug-likeness (QED) is 0.759. The lowest BCUT2D eigenvalue weighted by molar-refractivity contribution is 0.0696.